The minimum atomic E-state index is -0.104. The Balaban J connectivity index is 1.79. The summed E-state index contributed by atoms with van der Waals surface area (Å²) in [4.78, 5) is 12.5. The number of nitrogens with zero attached hydrogens (tertiary/aromatic N) is 2. The lowest BCUT2D eigenvalue weighted by Crippen LogP contribution is -2.31. The minimum absolute atomic E-state index is 0.104. The molecule has 1 aliphatic rings. The van der Waals surface area contributed by atoms with Crippen molar-refractivity contribution in [2.45, 2.75) is 32.7 Å². The van der Waals surface area contributed by atoms with Crippen molar-refractivity contribution in [3.8, 4) is 0 Å². The molecule has 0 aliphatic carbocycles. The molecule has 3 heterocycles. The van der Waals surface area contributed by atoms with Crippen LogP contribution in [0.2, 0.25) is 0 Å². The van der Waals surface area contributed by atoms with Crippen LogP contribution >= 0.6 is 0 Å². The third kappa shape index (κ3) is 2.71. The monoisotopic (exact) mass is 287 g/mol. The fourth-order valence-corrected chi connectivity index (χ4v) is 2.77. The van der Waals surface area contributed by atoms with Crippen molar-refractivity contribution in [1.29, 1.82) is 0 Å². The van der Waals surface area contributed by atoms with E-state index in [9.17, 15) is 4.79 Å². The Morgan fingerprint density at radius 2 is 2.14 bits per heavy atom. The number of carbonyl (C=O) groups excluding carboxylic acids is 1. The number of aromatic amines is 1. The van der Waals surface area contributed by atoms with Gasteiger partial charge in [0.25, 0.3) is 5.91 Å². The molecule has 3 N–H and O–H groups in total. The number of H-pyrrole nitrogens is 1. The van der Waals surface area contributed by atoms with E-state index >= 15 is 0 Å². The van der Waals surface area contributed by atoms with Gasteiger partial charge in [0.1, 0.15) is 5.69 Å². The van der Waals surface area contributed by atoms with Gasteiger partial charge < -0.3 is 15.2 Å². The van der Waals surface area contributed by atoms with Crippen LogP contribution in [0.5, 0.6) is 0 Å². The molecule has 1 saturated heterocycles. The summed E-state index contributed by atoms with van der Waals surface area (Å²) in [6, 6.07) is 4.19. The van der Waals surface area contributed by atoms with Gasteiger partial charge >= 0.3 is 0 Å². The van der Waals surface area contributed by atoms with Crippen molar-refractivity contribution in [2.75, 3.05) is 18.4 Å². The molecule has 0 radical (unpaired) electrons. The molecule has 0 aromatic carbocycles. The van der Waals surface area contributed by atoms with Gasteiger partial charge in [-0.05, 0) is 51.9 Å². The maximum absolute atomic E-state index is 12.5. The molecular formula is C15H21N5O. The highest BCUT2D eigenvalue weighted by atomic mass is 16.2. The topological polar surface area (TPSA) is 74.7 Å². The van der Waals surface area contributed by atoms with Crippen LogP contribution in [0, 0.1) is 13.8 Å². The van der Waals surface area contributed by atoms with Gasteiger partial charge in [0.2, 0.25) is 0 Å². The Bertz CT molecular complexity index is 636. The number of amides is 1. The highest BCUT2D eigenvalue weighted by molar-refractivity contribution is 6.03. The lowest BCUT2D eigenvalue weighted by atomic mass is 10.1. The van der Waals surface area contributed by atoms with Crippen molar-refractivity contribution >= 4 is 11.7 Å². The fourth-order valence-electron chi connectivity index (χ4n) is 2.77. The van der Waals surface area contributed by atoms with Crippen molar-refractivity contribution in [3.05, 3.63) is 35.3 Å². The van der Waals surface area contributed by atoms with E-state index in [1.807, 2.05) is 32.2 Å². The molecule has 1 aliphatic heterocycles. The quantitative estimate of drug-likeness (QED) is 0.808. The second kappa shape index (κ2) is 5.73. The zero-order chi connectivity index (χ0) is 14.8. The molecule has 2 aromatic heterocycles. The maximum Gasteiger partial charge on any atom is 0.273 e. The number of anilines is 1. The normalized spacial score (nSPS) is 16.1. The molecule has 2 aromatic rings. The SMILES string of the molecule is Cc1[nH]nc(NC(=O)c2cccn2C2CCNCC2)c1C. The first-order valence-corrected chi connectivity index (χ1v) is 7.37. The molecule has 3 rings (SSSR count). The van der Waals surface area contributed by atoms with Gasteiger partial charge in [-0.2, -0.15) is 5.10 Å². The zero-order valence-corrected chi connectivity index (χ0v) is 12.4. The molecule has 112 valence electrons. The van der Waals surface area contributed by atoms with E-state index in [1.165, 1.54) is 0 Å². The predicted molar refractivity (Wildman–Crippen MR) is 81.6 cm³/mol. The smallest absolute Gasteiger partial charge is 0.273 e. The van der Waals surface area contributed by atoms with Crippen LogP contribution in [-0.4, -0.2) is 33.8 Å². The number of hydrogen-bond donors (Lipinski definition) is 3. The summed E-state index contributed by atoms with van der Waals surface area (Å²) in [6.45, 7) is 5.89. The Hall–Kier alpha value is -2.08. The summed E-state index contributed by atoms with van der Waals surface area (Å²) < 4.78 is 2.09. The van der Waals surface area contributed by atoms with Gasteiger partial charge in [-0.3, -0.25) is 9.89 Å². The molecule has 6 heteroatoms. The summed E-state index contributed by atoms with van der Waals surface area (Å²) in [5.74, 6) is 0.503. The van der Waals surface area contributed by atoms with Crippen molar-refractivity contribution in [1.82, 2.24) is 20.1 Å². The summed E-state index contributed by atoms with van der Waals surface area (Å²) in [5, 5.41) is 13.3. The predicted octanol–water partition coefficient (Wildman–Crippen LogP) is 2.00. The average Bonchev–Trinajstić information content (AvgIpc) is 3.10. The first-order chi connectivity index (χ1) is 10.2. The van der Waals surface area contributed by atoms with Crippen LogP contribution in [0.25, 0.3) is 0 Å². The van der Waals surface area contributed by atoms with E-state index in [0.29, 0.717) is 17.6 Å². The van der Waals surface area contributed by atoms with Gasteiger partial charge in [0.15, 0.2) is 5.82 Å². The minimum Gasteiger partial charge on any atom is -0.340 e. The molecule has 0 bridgehead atoms. The molecule has 0 saturated carbocycles. The first-order valence-electron chi connectivity index (χ1n) is 7.37. The largest absolute Gasteiger partial charge is 0.340 e. The van der Waals surface area contributed by atoms with Crippen LogP contribution in [0.1, 0.15) is 40.6 Å². The Morgan fingerprint density at radius 1 is 1.38 bits per heavy atom. The molecule has 0 atom stereocenters. The highest BCUT2D eigenvalue weighted by Gasteiger charge is 2.20. The number of hydrogen-bond acceptors (Lipinski definition) is 3. The lowest BCUT2D eigenvalue weighted by molar-refractivity contribution is 0.101. The lowest BCUT2D eigenvalue weighted by Gasteiger charge is -2.25. The van der Waals surface area contributed by atoms with E-state index in [4.69, 9.17) is 0 Å². The molecular weight excluding hydrogens is 266 g/mol. The number of aromatic nitrogens is 3. The number of aryl methyl sites for hydroxylation is 1. The first kappa shape index (κ1) is 13.9. The van der Waals surface area contributed by atoms with Gasteiger partial charge in [0.05, 0.1) is 0 Å². The second-order valence-electron chi connectivity index (χ2n) is 5.56. The van der Waals surface area contributed by atoms with Crippen molar-refractivity contribution in [3.63, 3.8) is 0 Å². The van der Waals surface area contributed by atoms with Crippen LogP contribution in [0.4, 0.5) is 5.82 Å². The van der Waals surface area contributed by atoms with Crippen LogP contribution in [0.15, 0.2) is 18.3 Å². The molecule has 1 fully saturated rings. The zero-order valence-electron chi connectivity index (χ0n) is 12.4. The number of rotatable bonds is 3. The fraction of sp³-hybridized carbons (Fsp3) is 0.467. The van der Waals surface area contributed by atoms with Gasteiger partial charge in [-0.1, -0.05) is 0 Å². The number of piperidine rings is 1. The van der Waals surface area contributed by atoms with Crippen molar-refractivity contribution < 1.29 is 4.79 Å². The van der Waals surface area contributed by atoms with Gasteiger partial charge in [-0.15, -0.1) is 0 Å². The molecule has 0 spiro atoms. The Kier molecular flexibility index (Phi) is 3.79. The summed E-state index contributed by atoms with van der Waals surface area (Å²) >= 11 is 0. The second-order valence-corrected chi connectivity index (χ2v) is 5.56. The van der Waals surface area contributed by atoms with E-state index in [2.05, 4.69) is 25.4 Å². The van der Waals surface area contributed by atoms with E-state index < -0.39 is 0 Å². The van der Waals surface area contributed by atoms with E-state index in [-0.39, 0.29) is 5.91 Å². The van der Waals surface area contributed by atoms with Gasteiger partial charge in [0, 0.05) is 23.5 Å². The van der Waals surface area contributed by atoms with E-state index in [1.54, 1.807) is 0 Å². The van der Waals surface area contributed by atoms with Crippen LogP contribution in [-0.2, 0) is 0 Å². The van der Waals surface area contributed by atoms with Crippen molar-refractivity contribution in [2.24, 2.45) is 0 Å². The summed E-state index contributed by atoms with van der Waals surface area (Å²) in [7, 11) is 0. The summed E-state index contributed by atoms with van der Waals surface area (Å²) in [6.07, 6.45) is 4.10. The maximum atomic E-state index is 12.5. The van der Waals surface area contributed by atoms with Crippen LogP contribution in [0.3, 0.4) is 0 Å². The van der Waals surface area contributed by atoms with Crippen LogP contribution < -0.4 is 10.6 Å². The summed E-state index contributed by atoms with van der Waals surface area (Å²) in [5.41, 5.74) is 2.64. The third-order valence-corrected chi connectivity index (χ3v) is 4.20. The third-order valence-electron chi connectivity index (χ3n) is 4.20. The molecule has 6 nitrogen and oxygen atoms in total. The number of carbonyl (C=O) groups is 1. The number of nitrogens with one attached hydrogen (secondary N) is 3. The van der Waals surface area contributed by atoms with E-state index in [0.717, 1.165) is 37.2 Å². The molecule has 0 unspecified atom stereocenters. The Morgan fingerprint density at radius 3 is 2.81 bits per heavy atom. The standard InChI is InChI=1S/C15H21N5O/c1-10-11(2)18-19-14(10)17-15(21)13-4-3-9-20(13)12-5-7-16-8-6-12/h3-4,9,12,16H,5-8H2,1-2H3,(H2,17,18,19,21). The Labute approximate surface area is 123 Å². The average molecular weight is 287 g/mol. The molecule has 1 amide bonds. The van der Waals surface area contributed by atoms with Gasteiger partial charge in [-0.25, -0.2) is 0 Å². The molecule has 21 heavy (non-hydrogen) atoms. The highest BCUT2D eigenvalue weighted by Crippen LogP contribution is 2.22.